The SMILES string of the molecule is O=C(O)CC(C(=O)O)C(Sc1cc(-c2csnn2)cs1)C(=O)O. The topological polar surface area (TPSA) is 138 Å². The van der Waals surface area contributed by atoms with E-state index in [4.69, 9.17) is 10.2 Å². The van der Waals surface area contributed by atoms with Gasteiger partial charge in [-0.3, -0.25) is 14.4 Å². The molecule has 0 saturated carbocycles. The van der Waals surface area contributed by atoms with Crippen LogP contribution in [0, 0.1) is 5.92 Å². The van der Waals surface area contributed by atoms with Gasteiger partial charge in [0.15, 0.2) is 0 Å². The van der Waals surface area contributed by atoms with Gasteiger partial charge in [0.05, 0.1) is 16.5 Å². The van der Waals surface area contributed by atoms with Gasteiger partial charge in [-0.25, -0.2) is 0 Å². The Labute approximate surface area is 141 Å². The van der Waals surface area contributed by atoms with E-state index in [1.807, 2.05) is 0 Å². The second-order valence-electron chi connectivity index (χ2n) is 4.36. The molecule has 0 aromatic carbocycles. The smallest absolute Gasteiger partial charge is 0.317 e. The third-order valence-electron chi connectivity index (χ3n) is 2.79. The first-order valence-electron chi connectivity index (χ1n) is 6.08. The summed E-state index contributed by atoms with van der Waals surface area (Å²) in [5.41, 5.74) is 1.39. The maximum absolute atomic E-state index is 11.4. The summed E-state index contributed by atoms with van der Waals surface area (Å²) in [4.78, 5) is 33.4. The Hall–Kier alpha value is -1.98. The number of hydrogen-bond donors (Lipinski definition) is 3. The molecule has 0 amide bonds. The summed E-state index contributed by atoms with van der Waals surface area (Å²) >= 11 is 3.24. The molecular weight excluding hydrogens is 364 g/mol. The normalized spacial score (nSPS) is 13.4. The summed E-state index contributed by atoms with van der Waals surface area (Å²) in [7, 11) is 0. The number of hydrogen-bond acceptors (Lipinski definition) is 8. The summed E-state index contributed by atoms with van der Waals surface area (Å²) < 4.78 is 4.30. The second kappa shape index (κ2) is 7.53. The van der Waals surface area contributed by atoms with Gasteiger partial charge in [-0.05, 0) is 17.6 Å². The largest absolute Gasteiger partial charge is 0.481 e. The van der Waals surface area contributed by atoms with Gasteiger partial charge >= 0.3 is 17.9 Å². The van der Waals surface area contributed by atoms with Gasteiger partial charge in [0.1, 0.15) is 10.9 Å². The number of carboxylic acid groups (broad SMARTS) is 3. The van der Waals surface area contributed by atoms with E-state index in [0.29, 0.717) is 9.90 Å². The van der Waals surface area contributed by atoms with Crippen LogP contribution in [0.1, 0.15) is 6.42 Å². The maximum atomic E-state index is 11.4. The Balaban J connectivity index is 2.20. The molecule has 3 N–H and O–H groups in total. The Morgan fingerprint density at radius 3 is 2.43 bits per heavy atom. The van der Waals surface area contributed by atoms with Crippen molar-refractivity contribution in [3.8, 4) is 11.3 Å². The quantitative estimate of drug-likeness (QED) is 0.592. The second-order valence-corrected chi connectivity index (χ2v) is 7.33. The van der Waals surface area contributed by atoms with Crippen LogP contribution < -0.4 is 0 Å². The summed E-state index contributed by atoms with van der Waals surface area (Å²) in [5, 5.41) is 33.1. The number of thioether (sulfide) groups is 1. The first-order chi connectivity index (χ1) is 10.9. The van der Waals surface area contributed by atoms with Crippen LogP contribution in [0.2, 0.25) is 0 Å². The molecule has 23 heavy (non-hydrogen) atoms. The molecule has 0 aliphatic rings. The number of thiophene rings is 1. The monoisotopic (exact) mass is 374 g/mol. The summed E-state index contributed by atoms with van der Waals surface area (Å²) in [5.74, 6) is -5.70. The van der Waals surface area contributed by atoms with Crippen molar-refractivity contribution >= 4 is 52.5 Å². The van der Waals surface area contributed by atoms with Gasteiger partial charge < -0.3 is 15.3 Å². The molecule has 2 aromatic rings. The third kappa shape index (κ3) is 4.50. The van der Waals surface area contributed by atoms with Crippen molar-refractivity contribution in [3.63, 3.8) is 0 Å². The van der Waals surface area contributed by atoms with E-state index < -0.39 is 35.5 Å². The molecule has 0 aliphatic heterocycles. The van der Waals surface area contributed by atoms with Crippen LogP contribution in [-0.2, 0) is 14.4 Å². The fraction of sp³-hybridized carbons (Fsp3) is 0.250. The summed E-state index contributed by atoms with van der Waals surface area (Å²) in [6.45, 7) is 0. The molecule has 122 valence electrons. The highest BCUT2D eigenvalue weighted by Crippen LogP contribution is 2.37. The Kier molecular flexibility index (Phi) is 5.69. The fourth-order valence-electron chi connectivity index (χ4n) is 1.74. The molecule has 2 aromatic heterocycles. The molecule has 11 heteroatoms. The number of carbonyl (C=O) groups is 3. The maximum Gasteiger partial charge on any atom is 0.317 e. The van der Waals surface area contributed by atoms with Crippen LogP contribution in [0.25, 0.3) is 11.3 Å². The lowest BCUT2D eigenvalue weighted by atomic mass is 10.0. The molecule has 0 radical (unpaired) electrons. The van der Waals surface area contributed by atoms with E-state index >= 15 is 0 Å². The van der Waals surface area contributed by atoms with Crippen LogP contribution in [0.3, 0.4) is 0 Å². The molecule has 0 aliphatic carbocycles. The minimum atomic E-state index is -1.53. The number of aromatic nitrogens is 2. The lowest BCUT2D eigenvalue weighted by Crippen LogP contribution is -2.34. The zero-order valence-corrected chi connectivity index (χ0v) is 13.7. The van der Waals surface area contributed by atoms with Crippen LogP contribution in [-0.4, -0.2) is 48.1 Å². The molecule has 8 nitrogen and oxygen atoms in total. The molecule has 0 bridgehead atoms. The average molecular weight is 374 g/mol. The molecule has 2 atom stereocenters. The fourth-order valence-corrected chi connectivity index (χ4v) is 4.44. The van der Waals surface area contributed by atoms with E-state index in [0.717, 1.165) is 17.3 Å². The van der Waals surface area contributed by atoms with Crippen molar-refractivity contribution in [2.75, 3.05) is 0 Å². The van der Waals surface area contributed by atoms with Gasteiger partial charge in [-0.1, -0.05) is 16.3 Å². The first-order valence-corrected chi connectivity index (χ1v) is 8.68. The van der Waals surface area contributed by atoms with Gasteiger partial charge in [0.2, 0.25) is 0 Å². The standard InChI is InChI=1S/C12H10N2O6S3/c15-8(16)2-6(11(17)18)10(12(19)20)23-9-1-5(3-21-9)7-4-22-14-13-7/h1,3-4,6,10H,2H2,(H,15,16)(H,17,18)(H,19,20). The van der Waals surface area contributed by atoms with Gasteiger partial charge in [-0.2, -0.15) is 0 Å². The Morgan fingerprint density at radius 2 is 1.91 bits per heavy atom. The van der Waals surface area contributed by atoms with Gasteiger partial charge in [0, 0.05) is 16.3 Å². The average Bonchev–Trinajstić information content (AvgIpc) is 3.12. The predicted molar refractivity (Wildman–Crippen MR) is 83.9 cm³/mol. The zero-order valence-electron chi connectivity index (χ0n) is 11.3. The van der Waals surface area contributed by atoms with Crippen LogP contribution in [0.15, 0.2) is 21.0 Å². The Bertz CT molecular complexity index is 714. The molecule has 2 unspecified atom stereocenters. The van der Waals surface area contributed by atoms with Crippen LogP contribution in [0.4, 0.5) is 0 Å². The van der Waals surface area contributed by atoms with Crippen molar-refractivity contribution in [2.24, 2.45) is 5.92 Å². The number of nitrogens with zero attached hydrogens (tertiary/aromatic N) is 2. The number of rotatable bonds is 8. The van der Waals surface area contributed by atoms with Crippen molar-refractivity contribution in [2.45, 2.75) is 15.9 Å². The highest BCUT2D eigenvalue weighted by Gasteiger charge is 2.36. The van der Waals surface area contributed by atoms with Crippen LogP contribution >= 0.6 is 34.6 Å². The van der Waals surface area contributed by atoms with Gasteiger partial charge in [-0.15, -0.1) is 16.4 Å². The van der Waals surface area contributed by atoms with Crippen molar-refractivity contribution in [1.82, 2.24) is 9.59 Å². The highest BCUT2D eigenvalue weighted by molar-refractivity contribution is 8.02. The lowest BCUT2D eigenvalue weighted by Gasteiger charge is -2.17. The minimum Gasteiger partial charge on any atom is -0.481 e. The molecule has 0 fully saturated rings. The van der Waals surface area contributed by atoms with Gasteiger partial charge in [0.25, 0.3) is 0 Å². The van der Waals surface area contributed by atoms with Crippen molar-refractivity contribution in [1.29, 1.82) is 0 Å². The van der Waals surface area contributed by atoms with E-state index in [-0.39, 0.29) is 0 Å². The molecule has 0 spiro atoms. The van der Waals surface area contributed by atoms with E-state index in [1.165, 1.54) is 22.9 Å². The third-order valence-corrected chi connectivity index (χ3v) is 5.73. The highest BCUT2D eigenvalue weighted by atomic mass is 32.2. The summed E-state index contributed by atoms with van der Waals surface area (Å²) in [6.07, 6.45) is -0.756. The van der Waals surface area contributed by atoms with E-state index in [2.05, 4.69) is 9.59 Å². The Morgan fingerprint density at radius 1 is 1.17 bits per heavy atom. The van der Waals surface area contributed by atoms with E-state index in [1.54, 1.807) is 16.8 Å². The summed E-state index contributed by atoms with van der Waals surface area (Å²) in [6, 6.07) is 1.68. The predicted octanol–water partition coefficient (Wildman–Crippen LogP) is 1.99. The number of aliphatic carboxylic acids is 3. The molecular formula is C12H10N2O6S3. The van der Waals surface area contributed by atoms with E-state index in [9.17, 15) is 19.5 Å². The molecule has 2 rings (SSSR count). The zero-order chi connectivity index (χ0) is 17.0. The molecule has 0 saturated heterocycles. The number of carboxylic acids is 3. The van der Waals surface area contributed by atoms with Crippen molar-refractivity contribution in [3.05, 3.63) is 16.8 Å². The van der Waals surface area contributed by atoms with Crippen molar-refractivity contribution < 1.29 is 29.7 Å². The minimum absolute atomic E-state index is 0.567. The molecule has 2 heterocycles. The first kappa shape index (κ1) is 17.4. The van der Waals surface area contributed by atoms with Crippen LogP contribution in [0.5, 0.6) is 0 Å². The lowest BCUT2D eigenvalue weighted by molar-refractivity contribution is -0.151.